The molecule has 0 aromatic heterocycles. The first-order chi connectivity index (χ1) is 11.9. The second-order valence-corrected chi connectivity index (χ2v) is 8.45. The number of rotatable bonds is 17. The summed E-state index contributed by atoms with van der Waals surface area (Å²) in [5, 5.41) is 0. The summed E-state index contributed by atoms with van der Waals surface area (Å²) in [5.74, 6) is -0.293. The maximum Gasteiger partial charge on any atom is 0.333 e. The molecule has 0 heterocycles. The smallest absolute Gasteiger partial charge is 0.333 e. The van der Waals surface area contributed by atoms with Crippen molar-refractivity contribution in [2.75, 3.05) is 26.0 Å². The monoisotopic (exact) mass is 376 g/mol. The molecule has 148 valence electrons. The number of carbonyl (C=O) groups excluding carboxylic acids is 1. The lowest BCUT2D eigenvalue weighted by molar-refractivity contribution is -0.139. The van der Waals surface area contributed by atoms with Crippen LogP contribution in [-0.4, -0.2) is 32.0 Å². The third-order valence-corrected chi connectivity index (χ3v) is 5.98. The maximum absolute atomic E-state index is 12.3. The van der Waals surface area contributed by atoms with Crippen LogP contribution in [0.4, 0.5) is 0 Å². The molecule has 0 aliphatic carbocycles. The molecule has 0 saturated carbocycles. The molecule has 0 saturated heterocycles. The molecule has 0 radical (unpaired) electrons. The number of carbonyl (C=O) groups is 1. The summed E-state index contributed by atoms with van der Waals surface area (Å²) in [6.07, 6.45) is 10.5. The average molecular weight is 376 g/mol. The standard InChI is InChI=1S/C19H37O5P/c1-5-23-25(21,24-6-2)17-15-13-11-9-7-8-10-12-14-16-22-19(20)18(3)4/h3,5-17H2,1-2,4H3. The van der Waals surface area contributed by atoms with E-state index >= 15 is 0 Å². The van der Waals surface area contributed by atoms with Crippen LogP contribution < -0.4 is 0 Å². The van der Waals surface area contributed by atoms with Gasteiger partial charge in [0, 0.05) is 5.57 Å². The van der Waals surface area contributed by atoms with Crippen LogP contribution in [0.25, 0.3) is 0 Å². The zero-order chi connectivity index (χ0) is 19.0. The third kappa shape index (κ3) is 14.2. The van der Waals surface area contributed by atoms with Crippen LogP contribution in [0.15, 0.2) is 12.2 Å². The zero-order valence-electron chi connectivity index (χ0n) is 16.4. The van der Waals surface area contributed by atoms with Crippen LogP contribution in [0.3, 0.4) is 0 Å². The van der Waals surface area contributed by atoms with E-state index in [2.05, 4.69) is 6.58 Å². The summed E-state index contributed by atoms with van der Waals surface area (Å²) in [6, 6.07) is 0. The molecule has 0 fully saturated rings. The van der Waals surface area contributed by atoms with E-state index in [-0.39, 0.29) is 5.97 Å². The fraction of sp³-hybridized carbons (Fsp3) is 0.842. The van der Waals surface area contributed by atoms with Crippen molar-refractivity contribution in [2.45, 2.75) is 78.6 Å². The van der Waals surface area contributed by atoms with Crippen molar-refractivity contribution in [3.63, 3.8) is 0 Å². The molecule has 0 spiro atoms. The molecule has 5 nitrogen and oxygen atoms in total. The zero-order valence-corrected chi connectivity index (χ0v) is 17.3. The quantitative estimate of drug-likeness (QED) is 0.137. The van der Waals surface area contributed by atoms with Gasteiger partial charge in [-0.15, -0.1) is 0 Å². The van der Waals surface area contributed by atoms with Gasteiger partial charge in [-0.25, -0.2) is 4.79 Å². The van der Waals surface area contributed by atoms with Gasteiger partial charge in [0.25, 0.3) is 0 Å². The van der Waals surface area contributed by atoms with Gasteiger partial charge in [-0.3, -0.25) is 4.57 Å². The molecular formula is C19H37O5P. The lowest BCUT2D eigenvalue weighted by atomic mass is 10.1. The van der Waals surface area contributed by atoms with Crippen molar-refractivity contribution in [1.82, 2.24) is 0 Å². The Morgan fingerprint density at radius 1 is 0.840 bits per heavy atom. The minimum absolute atomic E-state index is 0.293. The number of esters is 1. The second-order valence-electron chi connectivity index (χ2n) is 6.27. The van der Waals surface area contributed by atoms with Gasteiger partial charge in [0.15, 0.2) is 0 Å². The summed E-state index contributed by atoms with van der Waals surface area (Å²) >= 11 is 0. The van der Waals surface area contributed by atoms with Crippen molar-refractivity contribution >= 4 is 13.6 Å². The van der Waals surface area contributed by atoms with E-state index in [0.717, 1.165) is 32.1 Å². The number of ether oxygens (including phenoxy) is 1. The van der Waals surface area contributed by atoms with E-state index in [9.17, 15) is 9.36 Å². The first kappa shape index (κ1) is 24.4. The first-order valence-corrected chi connectivity index (χ1v) is 11.4. The Labute approximate surface area is 154 Å². The number of unbranched alkanes of at least 4 members (excludes halogenated alkanes) is 8. The van der Waals surface area contributed by atoms with Gasteiger partial charge in [0.2, 0.25) is 0 Å². The van der Waals surface area contributed by atoms with E-state index in [4.69, 9.17) is 13.8 Å². The van der Waals surface area contributed by atoms with Crippen LogP contribution >= 0.6 is 7.60 Å². The van der Waals surface area contributed by atoms with Gasteiger partial charge >= 0.3 is 13.6 Å². The predicted molar refractivity (Wildman–Crippen MR) is 103 cm³/mol. The molecule has 0 amide bonds. The molecule has 0 bridgehead atoms. The molecule has 0 unspecified atom stereocenters. The van der Waals surface area contributed by atoms with E-state index in [1.165, 1.54) is 25.7 Å². The van der Waals surface area contributed by atoms with Crippen LogP contribution in [0.5, 0.6) is 0 Å². The molecule has 0 aliphatic heterocycles. The number of hydrogen-bond donors (Lipinski definition) is 0. The largest absolute Gasteiger partial charge is 0.462 e. The van der Waals surface area contributed by atoms with E-state index in [1.807, 2.05) is 13.8 Å². The van der Waals surface area contributed by atoms with Gasteiger partial charge < -0.3 is 13.8 Å². The maximum atomic E-state index is 12.3. The Bertz CT molecular complexity index is 399. The molecule has 0 atom stereocenters. The molecule has 0 aliphatic rings. The highest BCUT2D eigenvalue weighted by Gasteiger charge is 2.22. The summed E-state index contributed by atoms with van der Waals surface area (Å²) in [6.45, 7) is 10.3. The Balaban J connectivity index is 3.43. The number of hydrogen-bond acceptors (Lipinski definition) is 5. The van der Waals surface area contributed by atoms with Gasteiger partial charge in [0.1, 0.15) is 0 Å². The molecule has 0 aromatic rings. The molecule has 0 aromatic carbocycles. The summed E-state index contributed by atoms with van der Waals surface area (Å²) in [7, 11) is -2.85. The Morgan fingerprint density at radius 2 is 1.28 bits per heavy atom. The van der Waals surface area contributed by atoms with Crippen molar-refractivity contribution in [3.8, 4) is 0 Å². The third-order valence-electron chi connectivity index (χ3n) is 3.81. The van der Waals surface area contributed by atoms with E-state index in [0.29, 0.717) is 31.6 Å². The topological polar surface area (TPSA) is 61.8 Å². The molecule has 6 heteroatoms. The average Bonchev–Trinajstić information content (AvgIpc) is 2.56. The Kier molecular flexibility index (Phi) is 15.2. The van der Waals surface area contributed by atoms with Crippen molar-refractivity contribution in [2.24, 2.45) is 0 Å². The molecular weight excluding hydrogens is 339 g/mol. The van der Waals surface area contributed by atoms with E-state index < -0.39 is 7.60 Å². The van der Waals surface area contributed by atoms with Gasteiger partial charge in [-0.1, -0.05) is 51.5 Å². The van der Waals surface area contributed by atoms with Crippen LogP contribution in [0.2, 0.25) is 0 Å². The fourth-order valence-corrected chi connectivity index (χ4v) is 4.22. The first-order valence-electron chi connectivity index (χ1n) is 9.66. The summed E-state index contributed by atoms with van der Waals surface area (Å²) in [5.41, 5.74) is 0.457. The highest BCUT2D eigenvalue weighted by Crippen LogP contribution is 2.48. The highest BCUT2D eigenvalue weighted by molar-refractivity contribution is 7.53. The van der Waals surface area contributed by atoms with Crippen molar-refractivity contribution < 1.29 is 23.1 Å². The van der Waals surface area contributed by atoms with E-state index in [1.54, 1.807) is 6.92 Å². The second kappa shape index (κ2) is 15.6. The molecule has 0 N–H and O–H groups in total. The van der Waals surface area contributed by atoms with Gasteiger partial charge in [-0.2, -0.15) is 0 Å². The highest BCUT2D eigenvalue weighted by atomic mass is 31.2. The van der Waals surface area contributed by atoms with Crippen LogP contribution in [0, 0.1) is 0 Å². The normalized spacial score (nSPS) is 11.5. The SMILES string of the molecule is C=C(C)C(=O)OCCCCCCCCCCCP(=O)(OCC)OCC. The Morgan fingerprint density at radius 3 is 1.72 bits per heavy atom. The van der Waals surface area contributed by atoms with Crippen LogP contribution in [0.1, 0.15) is 78.6 Å². The van der Waals surface area contributed by atoms with Gasteiger partial charge in [0.05, 0.1) is 26.0 Å². The van der Waals surface area contributed by atoms with Crippen LogP contribution in [-0.2, 0) is 23.1 Å². The fourth-order valence-electron chi connectivity index (χ4n) is 2.49. The van der Waals surface area contributed by atoms with Crippen molar-refractivity contribution in [1.29, 1.82) is 0 Å². The Hall–Kier alpha value is -0.640. The minimum Gasteiger partial charge on any atom is -0.462 e. The molecule has 25 heavy (non-hydrogen) atoms. The lowest BCUT2D eigenvalue weighted by Crippen LogP contribution is -2.05. The molecule has 0 rings (SSSR count). The predicted octanol–water partition coefficient (Wildman–Crippen LogP) is 5.88. The summed E-state index contributed by atoms with van der Waals surface area (Å²) < 4.78 is 27.9. The van der Waals surface area contributed by atoms with Crippen molar-refractivity contribution in [3.05, 3.63) is 12.2 Å². The lowest BCUT2D eigenvalue weighted by Gasteiger charge is -2.16. The minimum atomic E-state index is -2.85. The summed E-state index contributed by atoms with van der Waals surface area (Å²) in [4.78, 5) is 11.2. The van der Waals surface area contributed by atoms with Gasteiger partial charge in [-0.05, 0) is 33.6 Å².